The summed E-state index contributed by atoms with van der Waals surface area (Å²) in [4.78, 5) is 39.3. The van der Waals surface area contributed by atoms with Crippen LogP contribution in [0.3, 0.4) is 0 Å². The molecular weight excluding hydrogens is 709 g/mol. The highest BCUT2D eigenvalue weighted by molar-refractivity contribution is 8.03. The first-order valence-corrected chi connectivity index (χ1v) is 19.6. The molecule has 8 fully saturated rings. The maximum atomic E-state index is 15.4. The Hall–Kier alpha value is -2.12. The van der Waals surface area contributed by atoms with E-state index in [4.69, 9.17) is 13.7 Å². The van der Waals surface area contributed by atoms with Gasteiger partial charge in [-0.3, -0.25) is 14.4 Å². The summed E-state index contributed by atoms with van der Waals surface area (Å²) in [6, 6.07) is 0. The molecule has 49 heavy (non-hydrogen) atoms. The number of carbonyl (C=O) groups is 3. The van der Waals surface area contributed by atoms with Crippen LogP contribution < -0.4 is 4.13 Å². The fourth-order valence-electron chi connectivity index (χ4n) is 10.7. The van der Waals surface area contributed by atoms with Gasteiger partial charge in [0.05, 0.1) is 17.3 Å². The van der Waals surface area contributed by atoms with Crippen molar-refractivity contribution in [1.29, 1.82) is 0 Å². The van der Waals surface area contributed by atoms with E-state index in [1.165, 1.54) is 0 Å². The van der Waals surface area contributed by atoms with Gasteiger partial charge in [-0.2, -0.15) is 30.4 Å². The van der Waals surface area contributed by atoms with Gasteiger partial charge in [0.1, 0.15) is 17.8 Å². The van der Waals surface area contributed by atoms with Crippen LogP contribution in [0.2, 0.25) is 0 Å². The van der Waals surface area contributed by atoms with Crippen molar-refractivity contribution in [2.24, 2.45) is 46.8 Å². The minimum absolute atomic E-state index is 0.00790. The third-order valence-corrected chi connectivity index (χ3v) is 15.5. The molecule has 0 aromatic rings. The van der Waals surface area contributed by atoms with Crippen molar-refractivity contribution in [3.8, 4) is 0 Å². The summed E-state index contributed by atoms with van der Waals surface area (Å²) in [7, 11) is -12.7. The van der Waals surface area contributed by atoms with Gasteiger partial charge in [-0.05, 0) is 94.8 Å². The molecule has 0 spiro atoms. The number of hydrogen-bond acceptors (Lipinski definition) is 11. The van der Waals surface area contributed by atoms with Crippen molar-refractivity contribution in [1.82, 2.24) is 4.13 Å². The molecule has 7 atom stereocenters. The Bertz CT molecular complexity index is 1590. The van der Waals surface area contributed by atoms with E-state index in [1.807, 2.05) is 6.92 Å². The monoisotopic (exact) mass is 747 g/mol. The Morgan fingerprint density at radius 3 is 2.04 bits per heavy atom. The predicted molar refractivity (Wildman–Crippen MR) is 153 cm³/mol. The average Bonchev–Trinajstić information content (AvgIpc) is 3.72. The smallest absolute Gasteiger partial charge is 0.432 e. The number of carbonyl (C=O) groups excluding carboxylic acids is 3. The maximum Gasteiger partial charge on any atom is 0.432 e. The van der Waals surface area contributed by atoms with Crippen molar-refractivity contribution in [2.45, 2.75) is 119 Å². The second-order valence-electron chi connectivity index (χ2n) is 15.4. The van der Waals surface area contributed by atoms with Crippen LogP contribution in [-0.2, 0) is 53.1 Å². The van der Waals surface area contributed by atoms with E-state index in [0.29, 0.717) is 23.4 Å². The Morgan fingerprint density at radius 1 is 0.939 bits per heavy atom. The molecule has 1 aliphatic heterocycles. The molecule has 6 bridgehead atoms. The summed E-state index contributed by atoms with van der Waals surface area (Å²) in [6.45, 7) is 1.83. The van der Waals surface area contributed by atoms with Gasteiger partial charge in [0.2, 0.25) is 0 Å². The molecule has 1 heterocycles. The molecule has 276 valence electrons. The largest absolute Gasteiger partial charge is 0.459 e. The third-order valence-electron chi connectivity index (χ3n) is 12.4. The van der Waals surface area contributed by atoms with Gasteiger partial charge < -0.3 is 14.2 Å². The first kappa shape index (κ1) is 35.3. The van der Waals surface area contributed by atoms with E-state index in [2.05, 4.69) is 4.74 Å². The van der Waals surface area contributed by atoms with Crippen molar-refractivity contribution in [3.05, 3.63) is 0 Å². The number of fused-ring (bicyclic) bond motifs is 1. The summed E-state index contributed by atoms with van der Waals surface area (Å²) in [5, 5.41) is -6.03. The molecule has 1 N–H and O–H groups in total. The lowest BCUT2D eigenvalue weighted by molar-refractivity contribution is -0.265. The van der Waals surface area contributed by atoms with Crippen LogP contribution in [0.15, 0.2) is 0 Å². The molecule has 7 aliphatic carbocycles. The second kappa shape index (κ2) is 11.4. The van der Waals surface area contributed by atoms with Crippen molar-refractivity contribution < 1.29 is 71.6 Å². The van der Waals surface area contributed by atoms with E-state index in [9.17, 15) is 44.4 Å². The fourth-order valence-corrected chi connectivity index (χ4v) is 13.4. The Balaban J connectivity index is 1.08. The van der Waals surface area contributed by atoms with Crippen molar-refractivity contribution in [2.75, 3.05) is 0 Å². The maximum absolute atomic E-state index is 15.4. The van der Waals surface area contributed by atoms with Crippen LogP contribution in [-0.4, -0.2) is 70.1 Å². The number of sulfonamides is 1. The quantitative estimate of drug-likeness (QED) is 0.185. The SMILES string of the molecule is CCC1(OC(=O)C2C3CC4C(OC(=O)C42)C3OS(=O)(=O)NS(=O)(=O)C(F)(F)C(OC(=O)C23CC4CC(CC(C4)C2)C3)C(F)(F)F)CCCC1. The lowest BCUT2D eigenvalue weighted by atomic mass is 9.49. The first-order chi connectivity index (χ1) is 22.7. The van der Waals surface area contributed by atoms with Gasteiger partial charge in [0, 0.05) is 11.8 Å². The zero-order valence-electron chi connectivity index (χ0n) is 26.5. The molecular formula is C30H38F5NO11S2. The van der Waals surface area contributed by atoms with Gasteiger partial charge in [-0.1, -0.05) is 11.1 Å². The average molecular weight is 748 g/mol. The molecule has 19 heteroatoms. The molecule has 8 aliphatic rings. The van der Waals surface area contributed by atoms with Gasteiger partial charge in [0.25, 0.3) is 16.1 Å². The first-order valence-electron chi connectivity index (χ1n) is 16.8. The van der Waals surface area contributed by atoms with Crippen LogP contribution >= 0.6 is 0 Å². The molecule has 7 unspecified atom stereocenters. The molecule has 0 aromatic heterocycles. The normalized spacial score (nSPS) is 39.6. The van der Waals surface area contributed by atoms with E-state index in [-0.39, 0.29) is 43.4 Å². The van der Waals surface area contributed by atoms with Crippen molar-refractivity contribution in [3.63, 3.8) is 0 Å². The van der Waals surface area contributed by atoms with E-state index in [0.717, 1.165) is 32.1 Å². The number of ether oxygens (including phenoxy) is 3. The summed E-state index contributed by atoms with van der Waals surface area (Å²) in [5.41, 5.74) is -2.25. The van der Waals surface area contributed by atoms with E-state index < -0.39 is 103 Å². The highest BCUT2D eigenvalue weighted by Gasteiger charge is 2.72. The molecule has 0 aromatic carbocycles. The Labute approximate surface area is 279 Å². The molecule has 8 rings (SSSR count). The zero-order valence-corrected chi connectivity index (χ0v) is 28.1. The number of esters is 3. The van der Waals surface area contributed by atoms with Crippen LogP contribution in [0.1, 0.15) is 84.0 Å². The highest BCUT2D eigenvalue weighted by Crippen LogP contribution is 2.62. The van der Waals surface area contributed by atoms with Crippen LogP contribution in [0.25, 0.3) is 0 Å². The standard InChI is InChI=1S/C30H38F5NO11S2/c1-2-28(5-3-4-6-28)46-24(38)20-18-10-17-19(20)23(37)44-21(17)22(18)47-49(42,43)36-48(40,41)30(34,35)25(29(31,32)33)45-26(39)27-11-14-7-15(12-27)9-16(8-14)13-27/h14-22,25,36H,2-13H2,1H3. The number of alkyl halides is 5. The summed E-state index contributed by atoms with van der Waals surface area (Å²) < 4.78 is 145. The minimum atomic E-state index is -6.83. The fraction of sp³-hybridized carbons (Fsp3) is 0.900. The summed E-state index contributed by atoms with van der Waals surface area (Å²) in [5.74, 6) is -7.23. The number of hydrogen-bond donors (Lipinski definition) is 1. The van der Waals surface area contributed by atoms with Gasteiger partial charge in [-0.15, -0.1) is 0 Å². The van der Waals surface area contributed by atoms with Crippen LogP contribution in [0.4, 0.5) is 22.0 Å². The lowest BCUT2D eigenvalue weighted by Crippen LogP contribution is -2.59. The number of halogens is 5. The summed E-state index contributed by atoms with van der Waals surface area (Å²) in [6.07, 6.45) is -7.74. The molecule has 12 nitrogen and oxygen atoms in total. The van der Waals surface area contributed by atoms with Crippen molar-refractivity contribution >= 4 is 38.2 Å². The van der Waals surface area contributed by atoms with E-state index >= 15 is 8.78 Å². The third kappa shape index (κ3) is 5.76. The summed E-state index contributed by atoms with van der Waals surface area (Å²) >= 11 is 0. The Morgan fingerprint density at radius 2 is 1.51 bits per heavy atom. The van der Waals surface area contributed by atoms with Gasteiger partial charge in [0.15, 0.2) is 0 Å². The molecule has 0 amide bonds. The second-order valence-corrected chi connectivity index (χ2v) is 18.7. The zero-order chi connectivity index (χ0) is 35.5. The van der Waals surface area contributed by atoms with Crippen LogP contribution in [0, 0.1) is 46.8 Å². The van der Waals surface area contributed by atoms with E-state index in [1.54, 1.807) is 0 Å². The predicted octanol–water partition coefficient (Wildman–Crippen LogP) is 3.89. The highest BCUT2D eigenvalue weighted by atomic mass is 32.3. The lowest BCUT2D eigenvalue weighted by Gasteiger charge is -2.55. The minimum Gasteiger partial charge on any atom is -0.459 e. The van der Waals surface area contributed by atoms with Crippen LogP contribution in [0.5, 0.6) is 0 Å². The molecule has 7 saturated carbocycles. The number of rotatable bonds is 11. The molecule has 0 radical (unpaired) electrons. The van der Waals surface area contributed by atoms with Gasteiger partial charge >= 0.3 is 39.6 Å². The Kier molecular flexibility index (Phi) is 8.24. The topological polar surface area (TPSA) is 168 Å². The van der Waals surface area contributed by atoms with Gasteiger partial charge in [-0.25, -0.2) is 12.6 Å². The number of nitrogens with one attached hydrogen (secondary N) is 1. The molecule has 1 saturated heterocycles.